The van der Waals surface area contributed by atoms with E-state index in [1.165, 1.54) is 33.8 Å². The zero-order valence-electron chi connectivity index (χ0n) is 10.1. The first-order chi connectivity index (χ1) is 7.09. The van der Waals surface area contributed by atoms with E-state index in [1.807, 2.05) is 11.8 Å². The van der Waals surface area contributed by atoms with Crippen LogP contribution >= 0.6 is 11.8 Å². The van der Waals surface area contributed by atoms with Crippen molar-refractivity contribution in [3.05, 3.63) is 41.0 Å². The lowest BCUT2D eigenvalue weighted by atomic mass is 10.1. The molecule has 82 valence electrons. The Labute approximate surface area is 97.8 Å². The zero-order chi connectivity index (χ0) is 11.3. The largest absolute Gasteiger partial charge is 0.126 e. The van der Waals surface area contributed by atoms with Crippen molar-refractivity contribution in [3.8, 4) is 0 Å². The van der Waals surface area contributed by atoms with Gasteiger partial charge in [0, 0.05) is 10.6 Å². The molecule has 0 nitrogen and oxygen atoms in total. The second-order valence-electron chi connectivity index (χ2n) is 4.19. The molecular formula is C14H20S. The van der Waals surface area contributed by atoms with Crippen LogP contribution < -0.4 is 0 Å². The molecule has 0 aromatic heterocycles. The average molecular weight is 220 g/mol. The van der Waals surface area contributed by atoms with Crippen LogP contribution in [0.4, 0.5) is 0 Å². The van der Waals surface area contributed by atoms with E-state index in [1.54, 1.807) is 0 Å². The number of hydrogen-bond donors (Lipinski definition) is 0. The molecule has 0 aliphatic heterocycles. The van der Waals surface area contributed by atoms with Crippen LogP contribution in [0.1, 0.15) is 32.8 Å². The third kappa shape index (κ3) is 4.57. The van der Waals surface area contributed by atoms with Gasteiger partial charge in [-0.15, -0.1) is 11.8 Å². The van der Waals surface area contributed by atoms with Crippen LogP contribution in [0.2, 0.25) is 0 Å². The van der Waals surface area contributed by atoms with Gasteiger partial charge < -0.3 is 0 Å². The first-order valence-electron chi connectivity index (χ1n) is 5.42. The Hall–Kier alpha value is -0.690. The molecule has 0 fully saturated rings. The predicted octanol–water partition coefficient (Wildman–Crippen LogP) is 4.83. The monoisotopic (exact) mass is 220 g/mol. The topological polar surface area (TPSA) is 0 Å². The number of aryl methyl sites for hydroxylation is 1. The molecule has 1 aromatic rings. The Morgan fingerprint density at radius 3 is 2.20 bits per heavy atom. The molecule has 0 aliphatic rings. The van der Waals surface area contributed by atoms with Gasteiger partial charge in [0.25, 0.3) is 0 Å². The van der Waals surface area contributed by atoms with Gasteiger partial charge >= 0.3 is 0 Å². The van der Waals surface area contributed by atoms with Gasteiger partial charge in [-0.3, -0.25) is 0 Å². The normalized spacial score (nSPS) is 10.1. The quantitative estimate of drug-likeness (QED) is 0.517. The fourth-order valence-corrected chi connectivity index (χ4v) is 2.18. The van der Waals surface area contributed by atoms with Crippen molar-refractivity contribution in [2.75, 3.05) is 5.75 Å². The maximum Gasteiger partial charge on any atom is 0.00722 e. The van der Waals surface area contributed by atoms with Crippen LogP contribution in [0.3, 0.4) is 0 Å². The van der Waals surface area contributed by atoms with E-state index in [4.69, 9.17) is 0 Å². The first-order valence-corrected chi connectivity index (χ1v) is 6.40. The third-order valence-electron chi connectivity index (χ3n) is 2.62. The van der Waals surface area contributed by atoms with Crippen LogP contribution in [0.15, 0.2) is 40.3 Å². The molecule has 1 heteroatoms. The Bertz CT molecular complexity index is 329. The lowest BCUT2D eigenvalue weighted by molar-refractivity contribution is 1.06. The van der Waals surface area contributed by atoms with Crippen molar-refractivity contribution < 1.29 is 0 Å². The molecule has 1 rings (SSSR count). The van der Waals surface area contributed by atoms with E-state index >= 15 is 0 Å². The minimum absolute atomic E-state index is 1.18. The molecule has 0 atom stereocenters. The zero-order valence-corrected chi connectivity index (χ0v) is 10.9. The summed E-state index contributed by atoms with van der Waals surface area (Å²) >= 11 is 1.94. The summed E-state index contributed by atoms with van der Waals surface area (Å²) in [7, 11) is 0. The minimum Gasteiger partial charge on any atom is -0.126 e. The predicted molar refractivity (Wildman–Crippen MR) is 70.6 cm³/mol. The summed E-state index contributed by atoms with van der Waals surface area (Å²) in [5.41, 5.74) is 4.31. The summed E-state index contributed by atoms with van der Waals surface area (Å²) in [6.07, 6.45) is 1.20. The number of thioether (sulfide) groups is 1. The summed E-state index contributed by atoms with van der Waals surface area (Å²) in [5, 5.41) is 0. The fourth-order valence-electron chi connectivity index (χ4n) is 1.21. The van der Waals surface area contributed by atoms with Crippen molar-refractivity contribution in [2.45, 2.75) is 39.0 Å². The Balaban J connectivity index is 2.38. The van der Waals surface area contributed by atoms with Crippen LogP contribution in [-0.4, -0.2) is 5.75 Å². The molecule has 0 saturated heterocycles. The maximum absolute atomic E-state index is 2.23. The van der Waals surface area contributed by atoms with Gasteiger partial charge in [0.1, 0.15) is 0 Å². The molecule has 15 heavy (non-hydrogen) atoms. The molecule has 0 amide bonds. The number of benzene rings is 1. The molecule has 1 aromatic carbocycles. The summed E-state index contributed by atoms with van der Waals surface area (Å²) in [6, 6.07) is 8.77. The third-order valence-corrected chi connectivity index (χ3v) is 3.63. The van der Waals surface area contributed by atoms with Gasteiger partial charge in [-0.05, 0) is 46.2 Å². The van der Waals surface area contributed by atoms with E-state index in [2.05, 4.69) is 52.0 Å². The van der Waals surface area contributed by atoms with Crippen LogP contribution in [0.5, 0.6) is 0 Å². The molecule has 0 saturated carbocycles. The number of hydrogen-bond acceptors (Lipinski definition) is 1. The Kier molecular flexibility index (Phi) is 4.97. The lowest BCUT2D eigenvalue weighted by Crippen LogP contribution is -1.85. The maximum atomic E-state index is 2.23. The fraction of sp³-hybridized carbons (Fsp3) is 0.429. The number of rotatable bonds is 4. The van der Waals surface area contributed by atoms with E-state index in [-0.39, 0.29) is 0 Å². The average Bonchev–Trinajstić information content (AvgIpc) is 2.20. The smallest absolute Gasteiger partial charge is 0.00722 e. The summed E-state index contributed by atoms with van der Waals surface area (Å²) in [5.74, 6) is 1.18. The second-order valence-corrected chi connectivity index (χ2v) is 5.36. The first kappa shape index (κ1) is 12.4. The SMILES string of the molecule is CC(C)=C(C)CCSc1ccc(C)cc1. The van der Waals surface area contributed by atoms with E-state index in [0.29, 0.717) is 0 Å². The molecule has 0 spiro atoms. The highest BCUT2D eigenvalue weighted by Gasteiger charge is 1.96. The van der Waals surface area contributed by atoms with E-state index < -0.39 is 0 Å². The van der Waals surface area contributed by atoms with Gasteiger partial charge in [-0.2, -0.15) is 0 Å². The Morgan fingerprint density at radius 1 is 1.07 bits per heavy atom. The Morgan fingerprint density at radius 2 is 1.67 bits per heavy atom. The standard InChI is InChI=1S/C14H20S/c1-11(2)13(4)9-10-15-14-7-5-12(3)6-8-14/h5-8H,9-10H2,1-4H3. The minimum atomic E-state index is 1.18. The summed E-state index contributed by atoms with van der Waals surface area (Å²) < 4.78 is 0. The molecule has 0 unspecified atom stereocenters. The van der Waals surface area contributed by atoms with E-state index in [0.717, 1.165) is 0 Å². The molecule has 0 radical (unpaired) electrons. The van der Waals surface area contributed by atoms with Crippen molar-refractivity contribution in [3.63, 3.8) is 0 Å². The summed E-state index contributed by atoms with van der Waals surface area (Å²) in [4.78, 5) is 1.38. The van der Waals surface area contributed by atoms with Crippen LogP contribution in [0, 0.1) is 6.92 Å². The lowest BCUT2D eigenvalue weighted by Gasteiger charge is -2.04. The number of allylic oxidation sites excluding steroid dienone is 2. The van der Waals surface area contributed by atoms with Crippen molar-refractivity contribution in [2.24, 2.45) is 0 Å². The van der Waals surface area contributed by atoms with Gasteiger partial charge in [0.15, 0.2) is 0 Å². The van der Waals surface area contributed by atoms with Crippen molar-refractivity contribution in [1.82, 2.24) is 0 Å². The van der Waals surface area contributed by atoms with Gasteiger partial charge in [-0.25, -0.2) is 0 Å². The highest BCUT2D eigenvalue weighted by Crippen LogP contribution is 2.21. The highest BCUT2D eigenvalue weighted by atomic mass is 32.2. The van der Waals surface area contributed by atoms with Gasteiger partial charge in [-0.1, -0.05) is 28.8 Å². The van der Waals surface area contributed by atoms with Crippen molar-refractivity contribution >= 4 is 11.8 Å². The molecular weight excluding hydrogens is 200 g/mol. The second kappa shape index (κ2) is 6.02. The van der Waals surface area contributed by atoms with Crippen LogP contribution in [0.25, 0.3) is 0 Å². The van der Waals surface area contributed by atoms with Crippen LogP contribution in [-0.2, 0) is 0 Å². The van der Waals surface area contributed by atoms with Gasteiger partial charge in [0.2, 0.25) is 0 Å². The molecule has 0 heterocycles. The molecule has 0 aliphatic carbocycles. The van der Waals surface area contributed by atoms with E-state index in [9.17, 15) is 0 Å². The summed E-state index contributed by atoms with van der Waals surface area (Å²) in [6.45, 7) is 8.73. The van der Waals surface area contributed by atoms with Gasteiger partial charge in [0.05, 0.1) is 0 Å². The molecule has 0 bridgehead atoms. The van der Waals surface area contributed by atoms with Crippen molar-refractivity contribution in [1.29, 1.82) is 0 Å². The highest BCUT2D eigenvalue weighted by molar-refractivity contribution is 7.99. The molecule has 0 N–H and O–H groups in total.